The second kappa shape index (κ2) is 12.3. The van der Waals surface area contributed by atoms with Gasteiger partial charge in [-0.05, 0) is 13.8 Å². The molecular formula is C8H14N4NiO4+2. The molecule has 0 spiro atoms. The molecule has 0 aromatic rings. The fraction of sp³-hybridized carbons (Fsp3) is 0.500. The molecule has 0 fully saturated rings. The van der Waals surface area contributed by atoms with E-state index < -0.39 is 0 Å². The summed E-state index contributed by atoms with van der Waals surface area (Å²) in [4.78, 5) is 24.3. The molecule has 0 heterocycles. The van der Waals surface area contributed by atoms with Crippen LogP contribution in [0, 0.1) is 9.81 Å². The van der Waals surface area contributed by atoms with Gasteiger partial charge in [0.05, 0.1) is 0 Å². The van der Waals surface area contributed by atoms with Crippen LogP contribution in [-0.2, 0) is 16.5 Å². The number of hydrogen-bond donors (Lipinski definition) is 2. The van der Waals surface area contributed by atoms with E-state index in [0.29, 0.717) is 0 Å². The van der Waals surface area contributed by atoms with Crippen LogP contribution in [0.1, 0.15) is 27.7 Å². The molecule has 0 rings (SSSR count). The molecule has 8 nitrogen and oxygen atoms in total. The van der Waals surface area contributed by atoms with Crippen molar-refractivity contribution < 1.29 is 26.9 Å². The van der Waals surface area contributed by atoms with Gasteiger partial charge in [0, 0.05) is 30.3 Å². The average molecular weight is 289 g/mol. The third kappa shape index (κ3) is 10.5. The zero-order valence-electron chi connectivity index (χ0n) is 9.82. The minimum absolute atomic E-state index is 0. The van der Waals surface area contributed by atoms with Gasteiger partial charge < -0.3 is 10.4 Å². The van der Waals surface area contributed by atoms with Crippen LogP contribution in [0.4, 0.5) is 0 Å². The summed E-state index contributed by atoms with van der Waals surface area (Å²) in [5, 5.41) is 21.5. The van der Waals surface area contributed by atoms with Crippen LogP contribution >= 0.6 is 0 Å². The molecule has 0 unspecified atom stereocenters. The number of nitroso groups, excluding NO2 is 2. The molecular weight excluding hydrogens is 275 g/mol. The van der Waals surface area contributed by atoms with E-state index in [-0.39, 0.29) is 39.3 Å². The first-order chi connectivity index (χ1) is 7.44. The van der Waals surface area contributed by atoms with Crippen LogP contribution in [-0.4, -0.2) is 33.3 Å². The third-order valence-corrected chi connectivity index (χ3v) is 1.62. The number of nitrogens with zero attached hydrogens (tertiary/aromatic N) is 4. The third-order valence-electron chi connectivity index (χ3n) is 1.62. The van der Waals surface area contributed by atoms with Crippen molar-refractivity contribution in [1.82, 2.24) is 9.70 Å². The predicted octanol–water partition coefficient (Wildman–Crippen LogP) is 0.260. The number of hydrogen-bond acceptors (Lipinski definition) is 6. The van der Waals surface area contributed by atoms with E-state index in [1.54, 1.807) is 0 Å². The summed E-state index contributed by atoms with van der Waals surface area (Å²) in [6.45, 7) is 5.94. The molecule has 0 aliphatic rings. The molecule has 0 aromatic carbocycles. The van der Waals surface area contributed by atoms with E-state index in [2.05, 4.69) is 20.0 Å². The largest absolute Gasteiger partial charge is 0.410 e. The molecule has 0 radical (unpaired) electrons. The van der Waals surface area contributed by atoms with Gasteiger partial charge in [0.1, 0.15) is 0 Å². The molecule has 0 aromatic heterocycles. The Morgan fingerprint density at radius 3 is 1.12 bits per heavy atom. The molecule has 0 aliphatic heterocycles. The minimum Gasteiger partial charge on any atom is -0.410 e. The first-order valence-electron chi connectivity index (χ1n) is 4.16. The second-order valence-electron chi connectivity index (χ2n) is 2.72. The summed E-state index contributed by atoms with van der Waals surface area (Å²) < 4.78 is 0. The SMILES string of the molecule is CC(=[N+]=O)/C(C)=N/O.CC(=[N+]=O)/C(C)=N/O.[Ni]. The molecule has 0 atom stereocenters. The van der Waals surface area contributed by atoms with Crippen molar-refractivity contribution in [2.24, 2.45) is 10.3 Å². The van der Waals surface area contributed by atoms with E-state index in [9.17, 15) is 9.81 Å². The van der Waals surface area contributed by atoms with Crippen molar-refractivity contribution in [3.63, 3.8) is 0 Å². The van der Waals surface area contributed by atoms with Crippen molar-refractivity contribution in [2.45, 2.75) is 27.7 Å². The Balaban J connectivity index is -0.000000218. The molecule has 0 amide bonds. The van der Waals surface area contributed by atoms with E-state index in [1.165, 1.54) is 27.7 Å². The Morgan fingerprint density at radius 1 is 0.824 bits per heavy atom. The average Bonchev–Trinajstić information content (AvgIpc) is 2.35. The topological polar surface area (TPSA) is 128 Å². The smallest absolute Gasteiger partial charge is 0.393 e. The summed E-state index contributed by atoms with van der Waals surface area (Å²) in [5.41, 5.74) is 0.903. The zero-order chi connectivity index (χ0) is 13.1. The van der Waals surface area contributed by atoms with Gasteiger partial charge in [-0.1, -0.05) is 10.3 Å². The molecule has 17 heavy (non-hydrogen) atoms. The standard InChI is InChI=1S/2C4H6N2O2.Ni/c2*1-3(5-7)4(2)6-8;/h2*1-2H3;/p+2. The monoisotopic (exact) mass is 288 g/mol. The minimum atomic E-state index is 0. The summed E-state index contributed by atoms with van der Waals surface area (Å²) in [7, 11) is 0. The molecule has 0 aliphatic carbocycles. The van der Waals surface area contributed by atoms with Gasteiger partial charge in [-0.2, -0.15) is 0 Å². The summed E-state index contributed by atoms with van der Waals surface area (Å²) in [6, 6.07) is 0. The Morgan fingerprint density at radius 2 is 1.06 bits per heavy atom. The molecule has 9 heteroatoms. The summed E-state index contributed by atoms with van der Waals surface area (Å²) in [6.07, 6.45) is 0. The fourth-order valence-electron chi connectivity index (χ4n) is 0.277. The van der Waals surface area contributed by atoms with Gasteiger partial charge in [-0.25, -0.2) is 0 Å². The van der Waals surface area contributed by atoms with Crippen molar-refractivity contribution >= 4 is 22.8 Å². The Hall–Kier alpha value is -1.81. The van der Waals surface area contributed by atoms with E-state index >= 15 is 0 Å². The summed E-state index contributed by atoms with van der Waals surface area (Å²) in [5.74, 6) is 0. The maximum Gasteiger partial charge on any atom is 0.393 e. The van der Waals surface area contributed by atoms with Gasteiger partial charge >= 0.3 is 11.4 Å². The van der Waals surface area contributed by atoms with Crippen LogP contribution < -0.4 is 9.70 Å². The summed E-state index contributed by atoms with van der Waals surface area (Å²) >= 11 is 0. The van der Waals surface area contributed by atoms with Crippen molar-refractivity contribution in [2.75, 3.05) is 0 Å². The maximum atomic E-state index is 9.63. The molecule has 0 saturated carbocycles. The number of oxime groups is 2. The van der Waals surface area contributed by atoms with Crippen molar-refractivity contribution in [3.8, 4) is 0 Å². The quantitative estimate of drug-likeness (QED) is 0.248. The van der Waals surface area contributed by atoms with Crippen molar-refractivity contribution in [3.05, 3.63) is 9.81 Å². The van der Waals surface area contributed by atoms with Crippen LogP contribution in [0.3, 0.4) is 0 Å². The van der Waals surface area contributed by atoms with E-state index in [1.807, 2.05) is 0 Å². The molecule has 0 saturated heterocycles. The molecule has 0 bridgehead atoms. The van der Waals surface area contributed by atoms with Crippen molar-refractivity contribution in [1.29, 1.82) is 0 Å². The van der Waals surface area contributed by atoms with Gasteiger partial charge in [0.15, 0.2) is 21.2 Å². The normalized spacial score (nSPS) is 9.88. The Bertz CT molecular complexity index is 354. The first-order valence-corrected chi connectivity index (χ1v) is 4.16. The van der Waals surface area contributed by atoms with Gasteiger partial charge in [0.25, 0.3) is 0 Å². The van der Waals surface area contributed by atoms with E-state index in [4.69, 9.17) is 10.4 Å². The molecule has 98 valence electrons. The fourth-order valence-corrected chi connectivity index (χ4v) is 0.277. The first kappa shape index (κ1) is 20.6. The van der Waals surface area contributed by atoms with Crippen LogP contribution in [0.5, 0.6) is 0 Å². The van der Waals surface area contributed by atoms with Gasteiger partial charge in [-0.3, -0.25) is 0 Å². The van der Waals surface area contributed by atoms with Gasteiger partial charge in [-0.15, -0.1) is 0 Å². The Labute approximate surface area is 108 Å². The zero-order valence-corrected chi connectivity index (χ0v) is 10.8. The molecule has 2 N–H and O–H groups in total. The predicted molar refractivity (Wildman–Crippen MR) is 62.2 cm³/mol. The van der Waals surface area contributed by atoms with E-state index in [0.717, 1.165) is 0 Å². The maximum absolute atomic E-state index is 9.63. The van der Waals surface area contributed by atoms with Crippen LogP contribution in [0.2, 0.25) is 0 Å². The van der Waals surface area contributed by atoms with Crippen LogP contribution in [0.25, 0.3) is 0 Å². The Kier molecular flexibility index (Phi) is 14.9. The number of rotatable bonds is 2. The van der Waals surface area contributed by atoms with Gasteiger partial charge in [0.2, 0.25) is 9.70 Å². The second-order valence-corrected chi connectivity index (χ2v) is 2.72. The van der Waals surface area contributed by atoms with Crippen LogP contribution in [0.15, 0.2) is 10.3 Å².